The number of hydrogen-bond acceptors (Lipinski definition) is 7. The zero-order valence-electron chi connectivity index (χ0n) is 17.7. The highest BCUT2D eigenvalue weighted by molar-refractivity contribution is 8.00. The van der Waals surface area contributed by atoms with Crippen molar-refractivity contribution >= 4 is 35.2 Å². The van der Waals surface area contributed by atoms with E-state index in [0.717, 1.165) is 12.8 Å². The molecule has 8 nitrogen and oxygen atoms in total. The fraction of sp³-hybridized carbons (Fsp3) is 0.348. The van der Waals surface area contributed by atoms with E-state index in [2.05, 4.69) is 5.32 Å². The van der Waals surface area contributed by atoms with Gasteiger partial charge >= 0.3 is 5.97 Å². The average Bonchev–Trinajstić information content (AvgIpc) is 3.49. The van der Waals surface area contributed by atoms with Crippen molar-refractivity contribution in [3.8, 4) is 11.5 Å². The summed E-state index contributed by atoms with van der Waals surface area (Å²) >= 11 is 1.22. The second-order valence-corrected chi connectivity index (χ2v) is 8.50. The van der Waals surface area contributed by atoms with Gasteiger partial charge in [-0.25, -0.2) is 4.79 Å². The van der Waals surface area contributed by atoms with Gasteiger partial charge in [-0.2, -0.15) is 0 Å². The molecule has 2 aliphatic heterocycles. The monoisotopic (exact) mass is 456 g/mol. The summed E-state index contributed by atoms with van der Waals surface area (Å²) in [6.45, 7) is 3.15. The summed E-state index contributed by atoms with van der Waals surface area (Å²) in [6.07, 6.45) is 1.09. The number of nitrogens with zero attached hydrogens (tertiary/aromatic N) is 1. The Bertz CT molecular complexity index is 1020. The maximum absolute atomic E-state index is 12.7. The minimum atomic E-state index is -0.854. The first-order valence-corrected chi connectivity index (χ1v) is 11.4. The van der Waals surface area contributed by atoms with E-state index in [1.54, 1.807) is 54.3 Å². The van der Waals surface area contributed by atoms with Gasteiger partial charge in [-0.3, -0.25) is 9.59 Å². The number of hydrogen-bond donors (Lipinski definition) is 1. The van der Waals surface area contributed by atoms with Crippen molar-refractivity contribution in [3.05, 3.63) is 48.0 Å². The van der Waals surface area contributed by atoms with Crippen LogP contribution in [0.25, 0.3) is 0 Å². The molecule has 0 aliphatic carbocycles. The quantitative estimate of drug-likeness (QED) is 0.505. The van der Waals surface area contributed by atoms with Crippen LogP contribution in [0.15, 0.2) is 47.4 Å². The lowest BCUT2D eigenvalue weighted by Gasteiger charge is -2.20. The molecule has 2 aliphatic rings. The van der Waals surface area contributed by atoms with Crippen LogP contribution in [0.5, 0.6) is 11.5 Å². The molecule has 0 spiro atoms. The van der Waals surface area contributed by atoms with Crippen molar-refractivity contribution in [1.29, 1.82) is 0 Å². The van der Waals surface area contributed by atoms with E-state index in [1.165, 1.54) is 11.8 Å². The number of esters is 1. The van der Waals surface area contributed by atoms with Crippen LogP contribution in [-0.2, 0) is 14.3 Å². The van der Waals surface area contributed by atoms with E-state index < -0.39 is 12.1 Å². The SMILES string of the molecule is CC(OC(=O)c1ccccc1SCC(=O)Nc1ccc2c(c1)OCO2)C(=O)N1CCCC1. The molecule has 0 saturated carbocycles. The van der Waals surface area contributed by atoms with Gasteiger partial charge in [-0.05, 0) is 44.0 Å². The van der Waals surface area contributed by atoms with E-state index in [9.17, 15) is 14.4 Å². The molecule has 1 atom stereocenters. The fourth-order valence-electron chi connectivity index (χ4n) is 3.54. The zero-order valence-corrected chi connectivity index (χ0v) is 18.5. The molecule has 0 bridgehead atoms. The summed E-state index contributed by atoms with van der Waals surface area (Å²) in [5, 5.41) is 2.81. The Hall–Kier alpha value is -3.20. The molecule has 2 amide bonds. The first-order chi connectivity index (χ1) is 15.5. The fourth-order valence-corrected chi connectivity index (χ4v) is 4.39. The number of carbonyl (C=O) groups is 3. The van der Waals surface area contributed by atoms with E-state index in [4.69, 9.17) is 14.2 Å². The van der Waals surface area contributed by atoms with Crippen molar-refractivity contribution in [3.63, 3.8) is 0 Å². The van der Waals surface area contributed by atoms with Gasteiger partial charge in [0.25, 0.3) is 5.91 Å². The highest BCUT2D eigenvalue weighted by atomic mass is 32.2. The molecule has 9 heteroatoms. The molecule has 1 fully saturated rings. The Balaban J connectivity index is 1.34. The normalized spacial score (nSPS) is 15.3. The number of thioether (sulfide) groups is 1. The van der Waals surface area contributed by atoms with Crippen LogP contribution >= 0.6 is 11.8 Å². The highest BCUT2D eigenvalue weighted by Crippen LogP contribution is 2.34. The van der Waals surface area contributed by atoms with Gasteiger partial charge < -0.3 is 24.4 Å². The average molecular weight is 457 g/mol. The molecule has 0 aromatic heterocycles. The van der Waals surface area contributed by atoms with Gasteiger partial charge in [0, 0.05) is 29.7 Å². The lowest BCUT2D eigenvalue weighted by atomic mass is 10.2. The van der Waals surface area contributed by atoms with Gasteiger partial charge in [0.1, 0.15) is 0 Å². The van der Waals surface area contributed by atoms with Crippen LogP contribution in [0.3, 0.4) is 0 Å². The van der Waals surface area contributed by atoms with Crippen LogP contribution in [0.1, 0.15) is 30.1 Å². The minimum absolute atomic E-state index is 0.0982. The van der Waals surface area contributed by atoms with Crippen molar-refractivity contribution in [2.45, 2.75) is 30.8 Å². The molecule has 2 heterocycles. The molecular formula is C23H24N2O6S. The number of fused-ring (bicyclic) bond motifs is 1. The summed E-state index contributed by atoms with van der Waals surface area (Å²) in [5.74, 6) is 0.340. The maximum atomic E-state index is 12.7. The Morgan fingerprint density at radius 1 is 1.09 bits per heavy atom. The Morgan fingerprint density at radius 3 is 2.66 bits per heavy atom. The minimum Gasteiger partial charge on any atom is -0.454 e. The van der Waals surface area contributed by atoms with E-state index in [1.807, 2.05) is 0 Å². The molecule has 2 aromatic rings. The number of nitrogens with one attached hydrogen (secondary N) is 1. The summed E-state index contributed by atoms with van der Waals surface area (Å²) < 4.78 is 16.0. The number of benzene rings is 2. The van der Waals surface area contributed by atoms with Crippen molar-refractivity contribution < 1.29 is 28.6 Å². The predicted octanol–water partition coefficient (Wildman–Crippen LogP) is 3.31. The number of amides is 2. The van der Waals surface area contributed by atoms with E-state index in [0.29, 0.717) is 40.7 Å². The molecular weight excluding hydrogens is 432 g/mol. The molecule has 2 aromatic carbocycles. The van der Waals surface area contributed by atoms with Gasteiger partial charge in [0.05, 0.1) is 11.3 Å². The third-order valence-corrected chi connectivity index (χ3v) is 6.24. The smallest absolute Gasteiger partial charge is 0.340 e. The summed E-state index contributed by atoms with van der Waals surface area (Å²) in [7, 11) is 0. The number of anilines is 1. The molecule has 4 rings (SSSR count). The number of likely N-dealkylation sites (tertiary alicyclic amines) is 1. The Morgan fingerprint density at radius 2 is 1.84 bits per heavy atom. The predicted molar refractivity (Wildman–Crippen MR) is 119 cm³/mol. The topological polar surface area (TPSA) is 94.2 Å². The standard InChI is InChI=1S/C23H24N2O6S/c1-15(22(27)25-10-4-5-11-25)31-23(28)17-6-2-3-7-20(17)32-13-21(26)24-16-8-9-18-19(12-16)30-14-29-18/h2-3,6-9,12,15H,4-5,10-11,13-14H2,1H3,(H,24,26). The van der Waals surface area contributed by atoms with Crippen LogP contribution in [-0.4, -0.2) is 54.4 Å². The molecule has 1 unspecified atom stereocenters. The maximum Gasteiger partial charge on any atom is 0.340 e. The number of rotatable bonds is 7. The summed E-state index contributed by atoms with van der Waals surface area (Å²) in [5.41, 5.74) is 0.927. The second-order valence-electron chi connectivity index (χ2n) is 7.48. The van der Waals surface area contributed by atoms with Gasteiger partial charge in [0.2, 0.25) is 12.7 Å². The van der Waals surface area contributed by atoms with E-state index in [-0.39, 0.29) is 24.4 Å². The van der Waals surface area contributed by atoms with Crippen molar-refractivity contribution in [1.82, 2.24) is 4.90 Å². The third-order valence-electron chi connectivity index (χ3n) is 5.17. The van der Waals surface area contributed by atoms with Crippen LogP contribution in [0.4, 0.5) is 5.69 Å². The lowest BCUT2D eigenvalue weighted by Crippen LogP contribution is -2.38. The van der Waals surface area contributed by atoms with Gasteiger partial charge in [-0.1, -0.05) is 12.1 Å². The van der Waals surface area contributed by atoms with Gasteiger partial charge in [-0.15, -0.1) is 11.8 Å². The molecule has 1 saturated heterocycles. The molecule has 1 N–H and O–H groups in total. The van der Waals surface area contributed by atoms with Crippen LogP contribution in [0.2, 0.25) is 0 Å². The number of carbonyl (C=O) groups excluding carboxylic acids is 3. The van der Waals surface area contributed by atoms with Gasteiger partial charge in [0.15, 0.2) is 17.6 Å². The molecule has 168 valence electrons. The second kappa shape index (κ2) is 9.95. The highest BCUT2D eigenvalue weighted by Gasteiger charge is 2.27. The summed E-state index contributed by atoms with van der Waals surface area (Å²) in [6, 6.07) is 12.1. The lowest BCUT2D eigenvalue weighted by molar-refractivity contribution is -0.138. The van der Waals surface area contributed by atoms with Crippen LogP contribution in [0, 0.1) is 0 Å². The zero-order chi connectivity index (χ0) is 22.5. The molecule has 32 heavy (non-hydrogen) atoms. The third kappa shape index (κ3) is 5.16. The van der Waals surface area contributed by atoms with Crippen LogP contribution < -0.4 is 14.8 Å². The Labute approximate surface area is 190 Å². The molecule has 0 radical (unpaired) electrons. The first kappa shape index (κ1) is 22.0. The summed E-state index contributed by atoms with van der Waals surface area (Å²) in [4.78, 5) is 39.9. The largest absolute Gasteiger partial charge is 0.454 e. The van der Waals surface area contributed by atoms with Crippen molar-refractivity contribution in [2.75, 3.05) is 31.0 Å². The van der Waals surface area contributed by atoms with E-state index >= 15 is 0 Å². The Kier molecular flexibility index (Phi) is 6.84. The number of ether oxygens (including phenoxy) is 3. The van der Waals surface area contributed by atoms with Crippen molar-refractivity contribution in [2.24, 2.45) is 0 Å². The first-order valence-electron chi connectivity index (χ1n) is 10.4.